The van der Waals surface area contributed by atoms with Crippen LogP contribution in [0.4, 0.5) is 0 Å². The molecule has 0 atom stereocenters. The van der Waals surface area contributed by atoms with Crippen molar-refractivity contribution in [1.29, 1.82) is 0 Å². The largest absolute Gasteiger partial charge is 0.374 e. The highest BCUT2D eigenvalue weighted by Gasteiger charge is 2.14. The van der Waals surface area contributed by atoms with Crippen molar-refractivity contribution in [1.82, 2.24) is 4.90 Å². The summed E-state index contributed by atoms with van der Waals surface area (Å²) in [6.07, 6.45) is 1.07. The number of hydrogen-bond donors (Lipinski definition) is 1. The summed E-state index contributed by atoms with van der Waals surface area (Å²) in [5.41, 5.74) is 5.35. The van der Waals surface area contributed by atoms with E-state index >= 15 is 0 Å². The Morgan fingerprint density at radius 2 is 1.92 bits per heavy atom. The van der Waals surface area contributed by atoms with Gasteiger partial charge in [-0.1, -0.05) is 0 Å². The zero-order chi connectivity index (χ0) is 9.61. The minimum atomic E-state index is -0.160. The predicted molar refractivity (Wildman–Crippen MR) is 52.3 cm³/mol. The fourth-order valence-corrected chi connectivity index (χ4v) is 0.788. The molecule has 0 saturated carbocycles. The third-order valence-corrected chi connectivity index (χ3v) is 1.73. The predicted octanol–water partition coefficient (Wildman–Crippen LogP) is 0.692. The highest BCUT2D eigenvalue weighted by atomic mass is 16.5. The smallest absolute Gasteiger partial charge is 0.0748 e. The Hall–Kier alpha value is -0.120. The summed E-state index contributed by atoms with van der Waals surface area (Å²) in [4.78, 5) is 2.15. The van der Waals surface area contributed by atoms with Crippen molar-refractivity contribution < 1.29 is 4.74 Å². The minimum absolute atomic E-state index is 0.160. The van der Waals surface area contributed by atoms with Gasteiger partial charge >= 0.3 is 0 Å². The minimum Gasteiger partial charge on any atom is -0.374 e. The molecule has 0 aromatic carbocycles. The second-order valence-corrected chi connectivity index (χ2v) is 3.97. The van der Waals surface area contributed by atoms with Crippen molar-refractivity contribution in [2.45, 2.75) is 25.9 Å². The van der Waals surface area contributed by atoms with Crippen molar-refractivity contribution in [3.05, 3.63) is 0 Å². The van der Waals surface area contributed by atoms with E-state index in [-0.39, 0.29) is 5.60 Å². The van der Waals surface area contributed by atoms with Crippen LogP contribution in [0.25, 0.3) is 0 Å². The first-order valence-electron chi connectivity index (χ1n) is 4.47. The van der Waals surface area contributed by atoms with Crippen LogP contribution < -0.4 is 5.73 Å². The molecule has 0 saturated heterocycles. The van der Waals surface area contributed by atoms with Gasteiger partial charge in [-0.3, -0.25) is 0 Å². The van der Waals surface area contributed by atoms with Gasteiger partial charge in [0.1, 0.15) is 0 Å². The van der Waals surface area contributed by atoms with Gasteiger partial charge in [0.25, 0.3) is 0 Å². The van der Waals surface area contributed by atoms with E-state index in [0.29, 0.717) is 6.54 Å². The normalized spacial score (nSPS) is 12.5. The van der Waals surface area contributed by atoms with Crippen molar-refractivity contribution in [3.8, 4) is 0 Å². The fraction of sp³-hybridized carbons (Fsp3) is 1.00. The van der Waals surface area contributed by atoms with Crippen molar-refractivity contribution in [3.63, 3.8) is 0 Å². The van der Waals surface area contributed by atoms with E-state index in [9.17, 15) is 0 Å². The molecule has 0 rings (SSSR count). The molecule has 0 amide bonds. The topological polar surface area (TPSA) is 38.5 Å². The van der Waals surface area contributed by atoms with Gasteiger partial charge in [-0.05, 0) is 40.9 Å². The van der Waals surface area contributed by atoms with E-state index < -0.39 is 0 Å². The van der Waals surface area contributed by atoms with E-state index in [1.165, 1.54) is 0 Å². The Morgan fingerprint density at radius 3 is 2.33 bits per heavy atom. The van der Waals surface area contributed by atoms with Crippen LogP contribution in [0, 0.1) is 0 Å². The second-order valence-electron chi connectivity index (χ2n) is 3.97. The molecule has 3 heteroatoms. The molecule has 0 aliphatic heterocycles. The number of nitrogens with two attached hydrogens (primary N) is 1. The highest BCUT2D eigenvalue weighted by molar-refractivity contribution is 4.68. The second kappa shape index (κ2) is 5.51. The van der Waals surface area contributed by atoms with Crippen molar-refractivity contribution in [2.75, 3.05) is 33.8 Å². The maximum Gasteiger partial charge on any atom is 0.0748 e. The van der Waals surface area contributed by atoms with Crippen molar-refractivity contribution in [2.24, 2.45) is 5.73 Å². The molecule has 0 fully saturated rings. The summed E-state index contributed by atoms with van der Waals surface area (Å²) in [6, 6.07) is 0. The van der Waals surface area contributed by atoms with Crippen LogP contribution in [-0.4, -0.2) is 44.3 Å². The summed E-state index contributed by atoms with van der Waals surface area (Å²) in [7, 11) is 4.13. The number of nitrogens with zero attached hydrogens (tertiary/aromatic N) is 1. The summed E-state index contributed by atoms with van der Waals surface area (Å²) in [5, 5.41) is 0. The molecule has 0 aliphatic carbocycles. The quantitative estimate of drug-likeness (QED) is 0.602. The fourth-order valence-electron chi connectivity index (χ4n) is 0.788. The van der Waals surface area contributed by atoms with E-state index in [4.69, 9.17) is 10.5 Å². The average Bonchev–Trinajstić information content (AvgIpc) is 1.98. The first kappa shape index (κ1) is 11.9. The van der Waals surface area contributed by atoms with Crippen molar-refractivity contribution >= 4 is 0 Å². The van der Waals surface area contributed by atoms with E-state index in [0.717, 1.165) is 19.6 Å². The highest BCUT2D eigenvalue weighted by Crippen LogP contribution is 2.06. The zero-order valence-electron chi connectivity index (χ0n) is 8.76. The average molecular weight is 174 g/mol. The van der Waals surface area contributed by atoms with Gasteiger partial charge in [0.15, 0.2) is 0 Å². The Bertz CT molecular complexity index is 113. The maximum absolute atomic E-state index is 5.58. The molecular formula is C9H22N2O. The monoisotopic (exact) mass is 174 g/mol. The van der Waals surface area contributed by atoms with Gasteiger partial charge in [-0.25, -0.2) is 0 Å². The lowest BCUT2D eigenvalue weighted by molar-refractivity contribution is -0.0131. The molecular weight excluding hydrogens is 152 g/mol. The van der Waals surface area contributed by atoms with Gasteiger partial charge in [0.2, 0.25) is 0 Å². The first-order chi connectivity index (χ1) is 5.48. The van der Waals surface area contributed by atoms with Crippen LogP contribution in [0.5, 0.6) is 0 Å². The van der Waals surface area contributed by atoms with Gasteiger partial charge in [0.05, 0.1) is 5.60 Å². The molecule has 0 heterocycles. The zero-order valence-corrected chi connectivity index (χ0v) is 8.76. The molecule has 0 aromatic rings. The van der Waals surface area contributed by atoms with Gasteiger partial charge in [-0.2, -0.15) is 0 Å². The standard InChI is InChI=1S/C9H22N2O/c1-9(2,8-10)12-7-5-6-11(3)4/h5-8,10H2,1-4H3. The molecule has 2 N–H and O–H groups in total. The van der Waals surface area contributed by atoms with Crippen LogP contribution in [0.2, 0.25) is 0 Å². The maximum atomic E-state index is 5.58. The summed E-state index contributed by atoms with van der Waals surface area (Å²) < 4.78 is 5.58. The van der Waals surface area contributed by atoms with E-state index in [2.05, 4.69) is 19.0 Å². The Morgan fingerprint density at radius 1 is 1.33 bits per heavy atom. The molecule has 74 valence electrons. The number of ether oxygens (including phenoxy) is 1. The molecule has 0 unspecified atom stereocenters. The molecule has 0 bridgehead atoms. The van der Waals surface area contributed by atoms with Crippen LogP contribution in [0.3, 0.4) is 0 Å². The Labute approximate surface area is 75.9 Å². The van der Waals surface area contributed by atoms with E-state index in [1.54, 1.807) is 0 Å². The SMILES string of the molecule is CN(C)CCCOC(C)(C)CN. The molecule has 0 radical (unpaired) electrons. The van der Waals surface area contributed by atoms with Gasteiger partial charge in [-0.15, -0.1) is 0 Å². The Kier molecular flexibility index (Phi) is 5.46. The van der Waals surface area contributed by atoms with E-state index in [1.807, 2.05) is 13.8 Å². The summed E-state index contributed by atoms with van der Waals surface area (Å²) >= 11 is 0. The van der Waals surface area contributed by atoms with Gasteiger partial charge in [0, 0.05) is 13.2 Å². The molecule has 12 heavy (non-hydrogen) atoms. The summed E-state index contributed by atoms with van der Waals surface area (Å²) in [5.74, 6) is 0. The van der Waals surface area contributed by atoms with Gasteiger partial charge < -0.3 is 15.4 Å². The lowest BCUT2D eigenvalue weighted by Gasteiger charge is -2.23. The molecule has 0 aliphatic rings. The third-order valence-electron chi connectivity index (χ3n) is 1.73. The van der Waals surface area contributed by atoms with Crippen LogP contribution in [0.1, 0.15) is 20.3 Å². The first-order valence-corrected chi connectivity index (χ1v) is 4.47. The Balaban J connectivity index is 3.31. The van der Waals surface area contributed by atoms with Crippen LogP contribution >= 0.6 is 0 Å². The summed E-state index contributed by atoms with van der Waals surface area (Å²) in [6.45, 7) is 6.48. The third kappa shape index (κ3) is 6.58. The van der Waals surface area contributed by atoms with Crippen LogP contribution in [0.15, 0.2) is 0 Å². The lowest BCUT2D eigenvalue weighted by atomic mass is 10.1. The number of hydrogen-bond acceptors (Lipinski definition) is 3. The molecule has 0 spiro atoms. The molecule has 0 aromatic heterocycles. The molecule has 3 nitrogen and oxygen atoms in total. The lowest BCUT2D eigenvalue weighted by Crippen LogP contribution is -2.34. The van der Waals surface area contributed by atoms with Crippen LogP contribution in [-0.2, 0) is 4.74 Å². The number of rotatable bonds is 6.